The summed E-state index contributed by atoms with van der Waals surface area (Å²) in [6.45, 7) is 3.13. The summed E-state index contributed by atoms with van der Waals surface area (Å²) in [6, 6.07) is 0.427. The standard InChI is InChI=1S/C27H50FN4O5PS/c1-2-37-38(28,36)20-14-7-5-3-4-6-9-16-24(33)29-18-12-8-13-19-30-25(34)17-11-10-15-23-26-22(21-39-23)31-27(35)32-26/h22-23,26H,2-21H2,1H3,(H,29,33)(H,30,34)(H2,31,32,35)/t22-,23-,26-,38-/m0/s1. The molecule has 2 rings (SSSR count). The van der Waals surface area contributed by atoms with Crippen molar-refractivity contribution in [3.05, 3.63) is 0 Å². The monoisotopic (exact) mass is 592 g/mol. The molecule has 0 aliphatic carbocycles. The van der Waals surface area contributed by atoms with Crippen LogP contribution in [0.25, 0.3) is 0 Å². The maximum atomic E-state index is 13.4. The molecule has 0 radical (unpaired) electrons. The first kappa shape index (κ1) is 33.9. The third kappa shape index (κ3) is 15.3. The molecule has 0 aromatic rings. The van der Waals surface area contributed by atoms with Crippen molar-refractivity contribution in [3.63, 3.8) is 0 Å². The number of carbonyl (C=O) groups is 3. The molecule has 2 heterocycles. The Balaban J connectivity index is 1.30. The summed E-state index contributed by atoms with van der Waals surface area (Å²) in [6.07, 6.45) is 13.2. The van der Waals surface area contributed by atoms with E-state index in [1.165, 1.54) is 0 Å². The number of halogens is 1. The number of thioether (sulfide) groups is 1. The van der Waals surface area contributed by atoms with Crippen molar-refractivity contribution in [2.45, 2.75) is 121 Å². The topological polar surface area (TPSA) is 126 Å². The zero-order valence-corrected chi connectivity index (χ0v) is 25.4. The van der Waals surface area contributed by atoms with E-state index in [9.17, 15) is 23.1 Å². The van der Waals surface area contributed by atoms with Crippen molar-refractivity contribution >= 4 is 37.3 Å². The fourth-order valence-corrected chi connectivity index (χ4v) is 7.72. The quantitative estimate of drug-likeness (QED) is 0.0712. The molecule has 0 unspecified atom stereocenters. The molecule has 12 heteroatoms. The smallest absolute Gasteiger partial charge is 0.356 e. The lowest BCUT2D eigenvalue weighted by Gasteiger charge is -2.16. The van der Waals surface area contributed by atoms with Crippen LogP contribution < -0.4 is 21.3 Å². The molecule has 4 amide bonds. The number of urea groups is 1. The molecule has 0 aromatic carbocycles. The molecular formula is C27H50FN4O5PS. The molecule has 0 aromatic heterocycles. The van der Waals surface area contributed by atoms with E-state index in [2.05, 4.69) is 25.8 Å². The number of fused-ring (bicyclic) bond motifs is 1. The number of unbranched alkanes of at least 4 members (excludes halogenated alkanes) is 9. The summed E-state index contributed by atoms with van der Waals surface area (Å²) < 4.78 is 29.4. The van der Waals surface area contributed by atoms with Crippen LogP contribution >= 0.6 is 19.4 Å². The Labute approximate surface area is 238 Å². The average Bonchev–Trinajstić information content (AvgIpc) is 3.44. The van der Waals surface area contributed by atoms with E-state index in [1.54, 1.807) is 6.92 Å². The molecule has 0 spiro atoms. The molecule has 226 valence electrons. The molecule has 2 aliphatic heterocycles. The third-order valence-corrected chi connectivity index (χ3v) is 10.2. The van der Waals surface area contributed by atoms with E-state index in [1.807, 2.05) is 11.8 Å². The van der Waals surface area contributed by atoms with Gasteiger partial charge in [-0.15, -0.1) is 0 Å². The van der Waals surface area contributed by atoms with Crippen LogP contribution in [0.3, 0.4) is 0 Å². The number of carbonyl (C=O) groups excluding carboxylic acids is 3. The minimum Gasteiger partial charge on any atom is -0.356 e. The predicted molar refractivity (Wildman–Crippen MR) is 156 cm³/mol. The molecule has 0 bridgehead atoms. The van der Waals surface area contributed by atoms with Crippen molar-refractivity contribution in [1.82, 2.24) is 21.3 Å². The number of amides is 4. The molecule has 2 fully saturated rings. The van der Waals surface area contributed by atoms with Gasteiger partial charge in [0.05, 0.1) is 24.9 Å². The lowest BCUT2D eigenvalue weighted by Crippen LogP contribution is -2.36. The van der Waals surface area contributed by atoms with Gasteiger partial charge in [-0.25, -0.2) is 4.79 Å². The van der Waals surface area contributed by atoms with Gasteiger partial charge in [0, 0.05) is 36.9 Å². The van der Waals surface area contributed by atoms with Crippen LogP contribution in [0, 0.1) is 0 Å². The van der Waals surface area contributed by atoms with Gasteiger partial charge in [-0.2, -0.15) is 16.0 Å². The maximum absolute atomic E-state index is 13.4. The normalized spacial score (nSPS) is 21.6. The number of nitrogens with one attached hydrogen (secondary N) is 4. The Morgan fingerprint density at radius 1 is 0.897 bits per heavy atom. The molecule has 2 aliphatic rings. The summed E-state index contributed by atoms with van der Waals surface area (Å²) in [5.74, 6) is 1.16. The maximum Gasteiger partial charge on any atom is 0.367 e. The van der Waals surface area contributed by atoms with Crippen LogP contribution in [0.1, 0.15) is 103 Å². The van der Waals surface area contributed by atoms with E-state index in [-0.39, 0.29) is 42.7 Å². The van der Waals surface area contributed by atoms with Crippen LogP contribution in [0.4, 0.5) is 8.99 Å². The lowest BCUT2D eigenvalue weighted by atomic mass is 10.0. The van der Waals surface area contributed by atoms with Gasteiger partial charge in [-0.1, -0.05) is 38.5 Å². The molecule has 9 nitrogen and oxygen atoms in total. The van der Waals surface area contributed by atoms with Crippen LogP contribution in [-0.4, -0.2) is 66.8 Å². The Morgan fingerprint density at radius 3 is 2.10 bits per heavy atom. The number of hydrogen-bond acceptors (Lipinski definition) is 6. The second-order valence-electron chi connectivity index (χ2n) is 10.6. The third-order valence-electron chi connectivity index (χ3n) is 7.23. The Kier molecular flexibility index (Phi) is 17.1. The van der Waals surface area contributed by atoms with E-state index >= 15 is 0 Å². The van der Waals surface area contributed by atoms with Crippen molar-refractivity contribution in [1.29, 1.82) is 0 Å². The molecule has 0 saturated carbocycles. The number of rotatable bonds is 23. The first-order valence-corrected chi connectivity index (χ1v) is 17.7. The fraction of sp³-hybridized carbons (Fsp3) is 0.889. The number of hydrogen-bond donors (Lipinski definition) is 4. The first-order valence-electron chi connectivity index (χ1n) is 15.0. The Hall–Kier alpha value is -1.32. The van der Waals surface area contributed by atoms with Gasteiger partial charge in [-0.3, -0.25) is 14.2 Å². The van der Waals surface area contributed by atoms with Gasteiger partial charge >= 0.3 is 13.7 Å². The van der Waals surface area contributed by atoms with Gasteiger partial charge in [0.2, 0.25) is 11.8 Å². The van der Waals surface area contributed by atoms with Crippen molar-refractivity contribution in [3.8, 4) is 0 Å². The highest BCUT2D eigenvalue weighted by molar-refractivity contribution is 8.00. The molecule has 4 N–H and O–H groups in total. The van der Waals surface area contributed by atoms with Crippen LogP contribution in [0.5, 0.6) is 0 Å². The second kappa shape index (κ2) is 19.7. The average molecular weight is 593 g/mol. The minimum atomic E-state index is -3.87. The lowest BCUT2D eigenvalue weighted by molar-refractivity contribution is -0.121. The van der Waals surface area contributed by atoms with Gasteiger partial charge in [0.25, 0.3) is 0 Å². The highest BCUT2D eigenvalue weighted by atomic mass is 32.2. The minimum absolute atomic E-state index is 0.0129. The van der Waals surface area contributed by atoms with Gasteiger partial charge in [-0.05, 0) is 51.9 Å². The van der Waals surface area contributed by atoms with Crippen LogP contribution in [0.15, 0.2) is 0 Å². The predicted octanol–water partition coefficient (Wildman–Crippen LogP) is 5.43. The summed E-state index contributed by atoms with van der Waals surface area (Å²) in [7, 11) is -3.87. The fourth-order valence-electron chi connectivity index (χ4n) is 5.06. The highest BCUT2D eigenvalue weighted by Crippen LogP contribution is 2.49. The van der Waals surface area contributed by atoms with E-state index < -0.39 is 7.68 Å². The Bertz CT molecular complexity index is 793. The zero-order chi connectivity index (χ0) is 28.3. The molecule has 2 saturated heterocycles. The Morgan fingerprint density at radius 2 is 1.46 bits per heavy atom. The summed E-state index contributed by atoms with van der Waals surface area (Å²) in [5.41, 5.74) is 0. The van der Waals surface area contributed by atoms with Gasteiger partial charge in [0.15, 0.2) is 0 Å². The van der Waals surface area contributed by atoms with E-state index in [0.717, 1.165) is 82.8 Å². The van der Waals surface area contributed by atoms with Gasteiger partial charge < -0.3 is 25.8 Å². The van der Waals surface area contributed by atoms with Gasteiger partial charge in [0.1, 0.15) is 0 Å². The summed E-state index contributed by atoms with van der Waals surface area (Å²) >= 11 is 1.91. The van der Waals surface area contributed by atoms with Crippen LogP contribution in [0.2, 0.25) is 0 Å². The molecule has 4 atom stereocenters. The van der Waals surface area contributed by atoms with Crippen molar-refractivity contribution < 1.29 is 27.7 Å². The zero-order valence-electron chi connectivity index (χ0n) is 23.6. The van der Waals surface area contributed by atoms with Crippen molar-refractivity contribution in [2.24, 2.45) is 0 Å². The first-order chi connectivity index (χ1) is 18.8. The summed E-state index contributed by atoms with van der Waals surface area (Å²) in [5, 5.41) is 12.4. The highest BCUT2D eigenvalue weighted by Gasteiger charge is 2.42. The largest absolute Gasteiger partial charge is 0.367 e. The molecular weight excluding hydrogens is 542 g/mol. The van der Waals surface area contributed by atoms with Crippen molar-refractivity contribution in [2.75, 3.05) is 31.6 Å². The second-order valence-corrected chi connectivity index (χ2v) is 13.7. The van der Waals surface area contributed by atoms with E-state index in [4.69, 9.17) is 0 Å². The molecule has 39 heavy (non-hydrogen) atoms. The van der Waals surface area contributed by atoms with Crippen LogP contribution in [-0.2, 0) is 18.7 Å². The van der Waals surface area contributed by atoms with E-state index in [0.29, 0.717) is 37.6 Å². The summed E-state index contributed by atoms with van der Waals surface area (Å²) in [4.78, 5) is 35.4. The SMILES string of the molecule is CCO[P@](=O)(F)CCCCCCCCCC(=O)NCCCCCNC(=O)CCCC[C@@H]1SC[C@@H]2NC(=O)N[C@@H]21.